The molecule has 0 saturated heterocycles. The van der Waals surface area contributed by atoms with Gasteiger partial charge >= 0.3 is 0 Å². The molecule has 34 heavy (non-hydrogen) atoms. The molecular formula is C26H26FN3O3S. The summed E-state index contributed by atoms with van der Waals surface area (Å²) in [7, 11) is 1.57. The number of rotatable bonds is 9. The Balaban J connectivity index is 1.59. The van der Waals surface area contributed by atoms with E-state index in [4.69, 9.17) is 0 Å². The van der Waals surface area contributed by atoms with E-state index in [2.05, 4.69) is 10.6 Å². The highest BCUT2D eigenvalue weighted by Gasteiger charge is 2.19. The maximum Gasteiger partial charge on any atom is 0.255 e. The Bertz CT molecular complexity index is 1170. The quantitative estimate of drug-likeness (QED) is 0.431. The third kappa shape index (κ3) is 6.92. The summed E-state index contributed by atoms with van der Waals surface area (Å²) < 4.78 is 13.0. The van der Waals surface area contributed by atoms with Crippen LogP contribution in [0.3, 0.4) is 0 Å². The van der Waals surface area contributed by atoms with Crippen LogP contribution in [0.25, 0.3) is 0 Å². The molecule has 8 heteroatoms. The van der Waals surface area contributed by atoms with Crippen LogP contribution in [0, 0.1) is 5.82 Å². The first-order valence-electron chi connectivity index (χ1n) is 10.8. The highest BCUT2D eigenvalue weighted by molar-refractivity contribution is 8.00. The van der Waals surface area contributed by atoms with Crippen LogP contribution < -0.4 is 10.6 Å². The molecule has 0 unspecified atom stereocenters. The number of halogens is 1. The first kappa shape index (κ1) is 25.0. The first-order chi connectivity index (χ1) is 16.4. The van der Waals surface area contributed by atoms with Crippen molar-refractivity contribution in [1.29, 1.82) is 0 Å². The number of thioether (sulfide) groups is 1. The summed E-state index contributed by atoms with van der Waals surface area (Å²) in [5, 5.41) is 5.56. The monoisotopic (exact) mass is 479 g/mol. The van der Waals surface area contributed by atoms with Crippen molar-refractivity contribution in [3.05, 3.63) is 89.7 Å². The number of anilines is 2. The first-order valence-corrected chi connectivity index (χ1v) is 11.8. The molecule has 3 aromatic rings. The Morgan fingerprint density at radius 1 is 0.882 bits per heavy atom. The molecule has 0 aromatic heterocycles. The zero-order valence-corrected chi connectivity index (χ0v) is 19.8. The van der Waals surface area contributed by atoms with Crippen LogP contribution in [0.1, 0.15) is 22.8 Å². The lowest BCUT2D eigenvalue weighted by Gasteiger charge is -2.19. The summed E-state index contributed by atoms with van der Waals surface area (Å²) in [4.78, 5) is 39.8. The number of hydrogen-bond donors (Lipinski definition) is 2. The van der Waals surface area contributed by atoms with Gasteiger partial charge in [-0.3, -0.25) is 14.4 Å². The molecule has 0 atom stereocenters. The number of amides is 3. The van der Waals surface area contributed by atoms with E-state index in [1.165, 1.54) is 40.9 Å². The van der Waals surface area contributed by atoms with Crippen LogP contribution >= 0.6 is 11.8 Å². The van der Waals surface area contributed by atoms with Gasteiger partial charge in [0.25, 0.3) is 5.91 Å². The number of nitrogens with one attached hydrogen (secondary N) is 2. The van der Waals surface area contributed by atoms with Gasteiger partial charge in [0, 0.05) is 23.3 Å². The summed E-state index contributed by atoms with van der Waals surface area (Å²) in [6, 6.07) is 20.0. The highest BCUT2D eigenvalue weighted by atomic mass is 32.2. The van der Waals surface area contributed by atoms with E-state index in [0.717, 1.165) is 17.7 Å². The van der Waals surface area contributed by atoms with Crippen LogP contribution in [-0.4, -0.2) is 42.0 Å². The van der Waals surface area contributed by atoms with Gasteiger partial charge in [0.1, 0.15) is 5.82 Å². The molecule has 0 aliphatic carbocycles. The van der Waals surface area contributed by atoms with Crippen LogP contribution in [-0.2, 0) is 16.0 Å². The summed E-state index contributed by atoms with van der Waals surface area (Å²) in [5.41, 5.74) is 2.66. The van der Waals surface area contributed by atoms with Crippen LogP contribution in [0.2, 0.25) is 0 Å². The Morgan fingerprint density at radius 2 is 1.56 bits per heavy atom. The largest absolute Gasteiger partial charge is 0.332 e. The minimum Gasteiger partial charge on any atom is -0.332 e. The predicted octanol–water partition coefficient (Wildman–Crippen LogP) is 4.83. The lowest BCUT2D eigenvalue weighted by molar-refractivity contribution is -0.116. The van der Waals surface area contributed by atoms with Gasteiger partial charge in [0.2, 0.25) is 11.8 Å². The molecule has 0 aliphatic rings. The topological polar surface area (TPSA) is 78.5 Å². The molecule has 0 heterocycles. The smallest absolute Gasteiger partial charge is 0.255 e. The molecule has 0 spiro atoms. The van der Waals surface area contributed by atoms with E-state index in [9.17, 15) is 18.8 Å². The molecule has 3 rings (SSSR count). The molecule has 176 valence electrons. The molecule has 2 N–H and O–H groups in total. The Kier molecular flexibility index (Phi) is 8.81. The van der Waals surface area contributed by atoms with Gasteiger partial charge in [-0.25, -0.2) is 4.39 Å². The van der Waals surface area contributed by atoms with Crippen molar-refractivity contribution in [1.82, 2.24) is 4.90 Å². The zero-order chi connectivity index (χ0) is 24.5. The number of benzene rings is 3. The van der Waals surface area contributed by atoms with E-state index >= 15 is 0 Å². The zero-order valence-electron chi connectivity index (χ0n) is 19.0. The fourth-order valence-corrected chi connectivity index (χ4v) is 4.12. The summed E-state index contributed by atoms with van der Waals surface area (Å²) in [6.07, 6.45) is 0.782. The van der Waals surface area contributed by atoms with Crippen molar-refractivity contribution in [3.63, 3.8) is 0 Å². The van der Waals surface area contributed by atoms with Gasteiger partial charge in [-0.05, 0) is 54.4 Å². The molecule has 0 saturated carbocycles. The minimum absolute atomic E-state index is 0.0691. The van der Waals surface area contributed by atoms with Crippen molar-refractivity contribution in [3.8, 4) is 0 Å². The summed E-state index contributed by atoms with van der Waals surface area (Å²) in [5.74, 6) is -1.20. The van der Waals surface area contributed by atoms with Gasteiger partial charge < -0.3 is 15.5 Å². The van der Waals surface area contributed by atoms with Gasteiger partial charge in [0.15, 0.2) is 0 Å². The van der Waals surface area contributed by atoms with Crippen molar-refractivity contribution in [2.24, 2.45) is 0 Å². The van der Waals surface area contributed by atoms with Crippen molar-refractivity contribution < 1.29 is 18.8 Å². The molecule has 0 bridgehead atoms. The molecule has 6 nitrogen and oxygen atoms in total. The average Bonchev–Trinajstić information content (AvgIpc) is 2.84. The van der Waals surface area contributed by atoms with Crippen molar-refractivity contribution in [2.45, 2.75) is 18.2 Å². The number of likely N-dealkylation sites (N-methyl/N-ethyl adjacent to an activating group) is 1. The van der Waals surface area contributed by atoms with Gasteiger partial charge in [-0.1, -0.05) is 37.3 Å². The maximum atomic E-state index is 13.0. The maximum absolute atomic E-state index is 13.0. The van der Waals surface area contributed by atoms with E-state index in [0.29, 0.717) is 16.1 Å². The molecular weight excluding hydrogens is 453 g/mol. The number of aryl methyl sites for hydroxylation is 1. The number of para-hydroxylation sites is 1. The highest BCUT2D eigenvalue weighted by Crippen LogP contribution is 2.24. The fourth-order valence-electron chi connectivity index (χ4n) is 3.28. The Labute approximate surface area is 202 Å². The van der Waals surface area contributed by atoms with Gasteiger partial charge in [0.05, 0.1) is 17.9 Å². The fraction of sp³-hybridized carbons (Fsp3) is 0.192. The van der Waals surface area contributed by atoms with E-state index in [-0.39, 0.29) is 35.8 Å². The van der Waals surface area contributed by atoms with Gasteiger partial charge in [-0.15, -0.1) is 11.8 Å². The lowest BCUT2D eigenvalue weighted by atomic mass is 10.1. The van der Waals surface area contributed by atoms with E-state index < -0.39 is 0 Å². The molecule has 0 fully saturated rings. The minimum atomic E-state index is -0.382. The lowest BCUT2D eigenvalue weighted by Crippen LogP contribution is -2.35. The second kappa shape index (κ2) is 12.0. The summed E-state index contributed by atoms with van der Waals surface area (Å²) >= 11 is 1.22. The molecule has 0 radical (unpaired) electrons. The third-order valence-electron chi connectivity index (χ3n) is 5.00. The van der Waals surface area contributed by atoms with Crippen molar-refractivity contribution in [2.75, 3.05) is 30.0 Å². The van der Waals surface area contributed by atoms with E-state index in [1.54, 1.807) is 31.3 Å². The number of carbonyl (C=O) groups excluding carboxylic acids is 3. The normalized spacial score (nSPS) is 10.4. The SMILES string of the molecule is CCc1ccccc1NC(=O)CN(C)C(=O)c1ccccc1SCC(=O)Nc1ccc(F)cc1. The third-order valence-corrected chi connectivity index (χ3v) is 6.08. The standard InChI is InChI=1S/C26H26FN3O3S/c1-3-18-8-4-6-10-22(18)29-24(31)16-30(2)26(33)21-9-5-7-11-23(21)34-17-25(32)28-20-14-12-19(27)13-15-20/h4-15H,3,16-17H2,1-2H3,(H,28,32)(H,29,31). The molecule has 0 aliphatic heterocycles. The predicted molar refractivity (Wildman–Crippen MR) is 134 cm³/mol. The summed E-state index contributed by atoms with van der Waals surface area (Å²) in [6.45, 7) is 1.90. The molecule has 3 aromatic carbocycles. The number of hydrogen-bond acceptors (Lipinski definition) is 4. The van der Waals surface area contributed by atoms with Gasteiger partial charge in [-0.2, -0.15) is 0 Å². The van der Waals surface area contributed by atoms with Crippen LogP contribution in [0.15, 0.2) is 77.7 Å². The van der Waals surface area contributed by atoms with Crippen LogP contribution in [0.4, 0.5) is 15.8 Å². The van der Waals surface area contributed by atoms with E-state index in [1.807, 2.05) is 31.2 Å². The average molecular weight is 480 g/mol. The second-order valence-corrected chi connectivity index (χ2v) is 8.58. The van der Waals surface area contributed by atoms with Crippen LogP contribution in [0.5, 0.6) is 0 Å². The number of carbonyl (C=O) groups is 3. The second-order valence-electron chi connectivity index (χ2n) is 7.56. The Hall–Kier alpha value is -3.65. The van der Waals surface area contributed by atoms with Crippen molar-refractivity contribution >= 4 is 40.9 Å². The Morgan fingerprint density at radius 3 is 2.29 bits per heavy atom. The number of nitrogens with zero attached hydrogens (tertiary/aromatic N) is 1. The molecule has 3 amide bonds.